The minimum Gasteiger partial charge on any atom is -0.382 e. The maximum Gasteiger partial charge on any atom is 0.258 e. The van der Waals surface area contributed by atoms with E-state index in [9.17, 15) is 4.79 Å². The minimum absolute atomic E-state index is 0.0137. The molecule has 1 saturated carbocycles. The summed E-state index contributed by atoms with van der Waals surface area (Å²) in [5.41, 5.74) is 12.6. The van der Waals surface area contributed by atoms with Crippen LogP contribution in [0.2, 0.25) is 0 Å². The molecule has 0 saturated heterocycles. The molecule has 2 aliphatic carbocycles. The van der Waals surface area contributed by atoms with E-state index in [0.29, 0.717) is 24.3 Å². The molecule has 1 fully saturated rings. The summed E-state index contributed by atoms with van der Waals surface area (Å²) in [7, 11) is 0. The third kappa shape index (κ3) is 4.88. The SMILES string of the molecule is N/N=C(\N)C1=CCC=C(c2nc(C=O)no2)C=C1.NC1CCCC1. The van der Waals surface area contributed by atoms with Crippen molar-refractivity contribution in [2.45, 2.75) is 38.1 Å². The Hall–Kier alpha value is -2.74. The number of amidine groups is 1. The van der Waals surface area contributed by atoms with Gasteiger partial charge in [-0.3, -0.25) is 4.79 Å². The van der Waals surface area contributed by atoms with Crippen LogP contribution in [0.4, 0.5) is 0 Å². The maximum atomic E-state index is 10.5. The number of rotatable bonds is 3. The van der Waals surface area contributed by atoms with Gasteiger partial charge in [0.15, 0.2) is 6.29 Å². The monoisotopic (exact) mass is 330 g/mol. The van der Waals surface area contributed by atoms with Gasteiger partial charge in [-0.2, -0.15) is 10.1 Å². The summed E-state index contributed by atoms with van der Waals surface area (Å²) in [6, 6.07) is 0.546. The second-order valence-corrected chi connectivity index (χ2v) is 5.52. The Morgan fingerprint density at radius 1 is 1.29 bits per heavy atom. The van der Waals surface area contributed by atoms with Crippen LogP contribution in [-0.4, -0.2) is 28.3 Å². The Balaban J connectivity index is 0.000000292. The molecule has 0 unspecified atom stereocenters. The van der Waals surface area contributed by atoms with E-state index in [1.54, 1.807) is 12.2 Å². The van der Waals surface area contributed by atoms with Crippen molar-refractivity contribution in [1.29, 1.82) is 0 Å². The predicted molar refractivity (Wildman–Crippen MR) is 91.8 cm³/mol. The van der Waals surface area contributed by atoms with E-state index in [1.807, 2.05) is 12.2 Å². The number of nitrogens with zero attached hydrogens (tertiary/aromatic N) is 3. The van der Waals surface area contributed by atoms with Crippen molar-refractivity contribution in [2.24, 2.45) is 22.4 Å². The standard InChI is InChI=1S/C11H11N5O2.C5H11N/c12-10(15-13)7-2-1-3-8(5-4-7)11-14-9(6-17)16-18-11;6-5-3-1-2-4-5/h2-6H,1,13H2,(H2,12,15);5H,1-4,6H2. The molecular weight excluding hydrogens is 308 g/mol. The third-order valence-electron chi connectivity index (χ3n) is 3.75. The van der Waals surface area contributed by atoms with Gasteiger partial charge in [0.05, 0.1) is 0 Å². The molecule has 8 heteroatoms. The molecule has 0 radical (unpaired) electrons. The summed E-state index contributed by atoms with van der Waals surface area (Å²) in [6.07, 6.45) is 13.6. The summed E-state index contributed by atoms with van der Waals surface area (Å²) >= 11 is 0. The Labute approximate surface area is 140 Å². The molecule has 8 nitrogen and oxygen atoms in total. The highest BCUT2D eigenvalue weighted by Crippen LogP contribution is 2.19. The van der Waals surface area contributed by atoms with Crippen molar-refractivity contribution < 1.29 is 9.32 Å². The second kappa shape index (κ2) is 8.78. The van der Waals surface area contributed by atoms with Crippen LogP contribution in [0.3, 0.4) is 0 Å². The van der Waals surface area contributed by atoms with Gasteiger partial charge in [-0.25, -0.2) is 0 Å². The largest absolute Gasteiger partial charge is 0.382 e. The smallest absolute Gasteiger partial charge is 0.258 e. The molecule has 2 aliphatic rings. The number of allylic oxidation sites excluding steroid dienone is 4. The number of carbonyl (C=O) groups excluding carboxylic acids is 1. The zero-order valence-corrected chi connectivity index (χ0v) is 13.4. The molecule has 0 amide bonds. The first-order valence-corrected chi connectivity index (χ1v) is 7.81. The van der Waals surface area contributed by atoms with Crippen molar-refractivity contribution in [3.05, 3.63) is 41.6 Å². The van der Waals surface area contributed by atoms with Gasteiger partial charge in [-0.05, 0) is 25.3 Å². The van der Waals surface area contributed by atoms with E-state index in [-0.39, 0.29) is 17.6 Å². The second-order valence-electron chi connectivity index (χ2n) is 5.52. The highest BCUT2D eigenvalue weighted by molar-refractivity contribution is 6.00. The fourth-order valence-corrected chi connectivity index (χ4v) is 2.41. The summed E-state index contributed by atoms with van der Waals surface area (Å²) in [4.78, 5) is 14.4. The van der Waals surface area contributed by atoms with Gasteiger partial charge in [-0.1, -0.05) is 36.2 Å². The number of aldehydes is 1. The van der Waals surface area contributed by atoms with Crippen LogP contribution in [0, 0.1) is 0 Å². The maximum absolute atomic E-state index is 10.5. The van der Waals surface area contributed by atoms with Crippen molar-refractivity contribution in [2.75, 3.05) is 0 Å². The molecule has 0 atom stereocenters. The van der Waals surface area contributed by atoms with Crippen LogP contribution in [0.1, 0.15) is 48.6 Å². The number of aromatic nitrogens is 2. The van der Waals surface area contributed by atoms with E-state index in [4.69, 9.17) is 21.8 Å². The lowest BCUT2D eigenvalue weighted by Gasteiger charge is -1.97. The van der Waals surface area contributed by atoms with Crippen LogP contribution in [0.25, 0.3) is 5.57 Å². The molecule has 0 bridgehead atoms. The molecule has 24 heavy (non-hydrogen) atoms. The van der Waals surface area contributed by atoms with Crippen LogP contribution < -0.4 is 17.3 Å². The molecule has 1 aromatic heterocycles. The zero-order valence-electron chi connectivity index (χ0n) is 13.4. The number of carbonyl (C=O) groups is 1. The first-order valence-electron chi connectivity index (χ1n) is 7.81. The van der Waals surface area contributed by atoms with Gasteiger partial charge in [0.2, 0.25) is 5.82 Å². The van der Waals surface area contributed by atoms with Crippen molar-refractivity contribution >= 4 is 17.7 Å². The Bertz CT molecular complexity index is 680. The van der Waals surface area contributed by atoms with Gasteiger partial charge in [0.1, 0.15) is 5.84 Å². The summed E-state index contributed by atoms with van der Waals surface area (Å²) in [5, 5.41) is 6.92. The molecule has 0 aliphatic heterocycles. The van der Waals surface area contributed by atoms with Gasteiger partial charge in [-0.15, -0.1) is 0 Å². The molecule has 0 spiro atoms. The quantitative estimate of drug-likeness (QED) is 0.248. The van der Waals surface area contributed by atoms with Gasteiger partial charge in [0.25, 0.3) is 5.89 Å². The zero-order chi connectivity index (χ0) is 17.4. The lowest BCUT2D eigenvalue weighted by molar-refractivity contribution is 0.111. The number of hydrogen-bond donors (Lipinski definition) is 3. The summed E-state index contributed by atoms with van der Waals surface area (Å²) < 4.78 is 4.95. The molecule has 128 valence electrons. The summed E-state index contributed by atoms with van der Waals surface area (Å²) in [5.74, 6) is 5.66. The van der Waals surface area contributed by atoms with E-state index in [2.05, 4.69) is 15.2 Å². The Kier molecular flexibility index (Phi) is 6.44. The fourth-order valence-electron chi connectivity index (χ4n) is 2.41. The third-order valence-corrected chi connectivity index (χ3v) is 3.75. The van der Waals surface area contributed by atoms with Crippen LogP contribution >= 0.6 is 0 Å². The molecule has 1 heterocycles. The van der Waals surface area contributed by atoms with Gasteiger partial charge < -0.3 is 21.8 Å². The van der Waals surface area contributed by atoms with E-state index in [0.717, 1.165) is 5.57 Å². The average molecular weight is 330 g/mol. The topological polar surface area (TPSA) is 146 Å². The lowest BCUT2D eigenvalue weighted by atomic mass is 10.2. The van der Waals surface area contributed by atoms with Crippen molar-refractivity contribution in [3.63, 3.8) is 0 Å². The normalized spacial score (nSPS) is 18.3. The molecule has 3 rings (SSSR count). The Morgan fingerprint density at radius 2 is 2.04 bits per heavy atom. The number of hydrogen-bond acceptors (Lipinski definition) is 7. The van der Waals surface area contributed by atoms with Crippen molar-refractivity contribution in [1.82, 2.24) is 10.1 Å². The highest BCUT2D eigenvalue weighted by Gasteiger charge is 2.11. The predicted octanol–water partition coefficient (Wildman–Crippen LogP) is 1.27. The highest BCUT2D eigenvalue weighted by atomic mass is 16.5. The first kappa shape index (κ1) is 17.6. The van der Waals surface area contributed by atoms with Crippen LogP contribution in [-0.2, 0) is 0 Å². The average Bonchev–Trinajstić information content (AvgIpc) is 3.21. The molecular formula is C16H22N6O2. The summed E-state index contributed by atoms with van der Waals surface area (Å²) in [6.45, 7) is 0. The number of nitrogens with two attached hydrogens (primary N) is 3. The number of hydrazone groups is 1. The fraction of sp³-hybridized carbons (Fsp3) is 0.375. The van der Waals surface area contributed by atoms with Gasteiger partial charge in [0, 0.05) is 17.2 Å². The minimum atomic E-state index is 0.0137. The Morgan fingerprint density at radius 3 is 2.58 bits per heavy atom. The van der Waals surface area contributed by atoms with E-state index in [1.165, 1.54) is 25.7 Å². The van der Waals surface area contributed by atoms with Crippen LogP contribution in [0.5, 0.6) is 0 Å². The molecule has 0 aromatic carbocycles. The molecule has 1 aromatic rings. The van der Waals surface area contributed by atoms with Crippen molar-refractivity contribution in [3.8, 4) is 0 Å². The van der Waals surface area contributed by atoms with E-state index < -0.39 is 0 Å². The van der Waals surface area contributed by atoms with Gasteiger partial charge >= 0.3 is 0 Å². The van der Waals surface area contributed by atoms with E-state index >= 15 is 0 Å². The molecule has 6 N–H and O–H groups in total. The van der Waals surface area contributed by atoms with Crippen LogP contribution in [0.15, 0.2) is 39.5 Å². The first-order chi connectivity index (χ1) is 11.6. The lowest BCUT2D eigenvalue weighted by Crippen LogP contribution is -2.15.